The third-order valence-electron chi connectivity index (χ3n) is 4.16. The molecule has 3 rings (SSSR count). The molecule has 1 aliphatic heterocycles. The summed E-state index contributed by atoms with van der Waals surface area (Å²) < 4.78 is 25.6. The van der Waals surface area contributed by atoms with Gasteiger partial charge in [-0.15, -0.1) is 0 Å². The topological polar surface area (TPSA) is 124 Å². The van der Waals surface area contributed by atoms with Crippen LogP contribution < -0.4 is 10.0 Å². The Morgan fingerprint density at radius 1 is 1.29 bits per heavy atom. The van der Waals surface area contributed by atoms with Crippen molar-refractivity contribution in [3.8, 4) is 0 Å². The summed E-state index contributed by atoms with van der Waals surface area (Å²) in [6, 6.07) is 5.88. The van der Waals surface area contributed by atoms with Crippen LogP contribution >= 0.6 is 0 Å². The number of non-ortho nitro benzene ring substituents is 1. The Morgan fingerprint density at radius 2 is 2.00 bits per heavy atom. The second-order valence-electron chi connectivity index (χ2n) is 5.66. The maximum Gasteiger partial charge on any atom is 0.270 e. The summed E-state index contributed by atoms with van der Waals surface area (Å²) in [4.78, 5) is 11.9. The third-order valence-corrected chi connectivity index (χ3v) is 5.10. The molecular formula is C14H17N5O4S. The van der Waals surface area contributed by atoms with Crippen LogP contribution in [0.1, 0.15) is 18.9 Å². The van der Waals surface area contributed by atoms with Crippen LogP contribution in [0.15, 0.2) is 41.6 Å². The molecule has 128 valence electrons. The van der Waals surface area contributed by atoms with E-state index in [0.717, 1.165) is 18.9 Å². The highest BCUT2D eigenvalue weighted by Gasteiger charge is 2.26. The maximum atomic E-state index is 11.8. The molecule has 1 fully saturated rings. The molecule has 10 heteroatoms. The predicted octanol–water partition coefficient (Wildman–Crippen LogP) is 1.28. The third kappa shape index (κ3) is 3.24. The molecule has 2 aromatic rings. The van der Waals surface area contributed by atoms with Gasteiger partial charge in [0.1, 0.15) is 4.90 Å². The fraction of sp³-hybridized carbons (Fsp3) is 0.357. The van der Waals surface area contributed by atoms with Crippen LogP contribution in [0.25, 0.3) is 0 Å². The summed E-state index contributed by atoms with van der Waals surface area (Å²) >= 11 is 0. The van der Waals surface area contributed by atoms with Crippen molar-refractivity contribution in [3.05, 3.63) is 46.8 Å². The molecule has 24 heavy (non-hydrogen) atoms. The van der Waals surface area contributed by atoms with E-state index in [1.165, 1.54) is 12.1 Å². The highest BCUT2D eigenvalue weighted by atomic mass is 32.2. The number of rotatable bonds is 4. The largest absolute Gasteiger partial charge is 0.370 e. The Morgan fingerprint density at radius 3 is 2.54 bits per heavy atom. The number of nitrogens with two attached hydrogens (primary N) is 1. The number of nitro groups is 1. The van der Waals surface area contributed by atoms with E-state index >= 15 is 0 Å². The average molecular weight is 351 g/mol. The first-order valence-electron chi connectivity index (χ1n) is 7.41. The number of piperidine rings is 1. The van der Waals surface area contributed by atoms with Crippen LogP contribution in [0.2, 0.25) is 0 Å². The molecule has 9 nitrogen and oxygen atoms in total. The van der Waals surface area contributed by atoms with Crippen molar-refractivity contribution < 1.29 is 13.3 Å². The van der Waals surface area contributed by atoms with E-state index in [9.17, 15) is 18.5 Å². The smallest absolute Gasteiger partial charge is 0.270 e. The lowest BCUT2D eigenvalue weighted by Gasteiger charge is -2.34. The molecule has 1 aromatic heterocycles. The first-order valence-corrected chi connectivity index (χ1v) is 8.96. The summed E-state index contributed by atoms with van der Waals surface area (Å²) in [5.74, 6) is 0. The van der Waals surface area contributed by atoms with Crippen LogP contribution in [-0.2, 0) is 10.0 Å². The molecule has 0 unspecified atom stereocenters. The van der Waals surface area contributed by atoms with Crippen LogP contribution in [0.5, 0.6) is 0 Å². The summed E-state index contributed by atoms with van der Waals surface area (Å²) in [6.45, 7) is 1.23. The number of aromatic nitrogens is 2. The van der Waals surface area contributed by atoms with Gasteiger partial charge in [-0.25, -0.2) is 13.6 Å². The van der Waals surface area contributed by atoms with Gasteiger partial charge in [0, 0.05) is 37.6 Å². The van der Waals surface area contributed by atoms with Crippen LogP contribution in [-0.4, -0.2) is 36.2 Å². The minimum absolute atomic E-state index is 0.214. The molecule has 0 radical (unpaired) electrons. The first kappa shape index (κ1) is 16.4. The van der Waals surface area contributed by atoms with E-state index < -0.39 is 14.9 Å². The normalized spacial score (nSPS) is 16.3. The number of anilines is 1. The highest BCUT2D eigenvalue weighted by Crippen LogP contribution is 2.32. The van der Waals surface area contributed by atoms with Gasteiger partial charge in [-0.3, -0.25) is 14.8 Å². The quantitative estimate of drug-likeness (QED) is 0.653. The van der Waals surface area contributed by atoms with Gasteiger partial charge in [-0.1, -0.05) is 0 Å². The van der Waals surface area contributed by atoms with Crippen molar-refractivity contribution in [1.29, 1.82) is 0 Å². The van der Waals surface area contributed by atoms with Crippen molar-refractivity contribution in [2.24, 2.45) is 5.14 Å². The lowest BCUT2D eigenvalue weighted by Crippen LogP contribution is -2.36. The number of hydrogen-bond acceptors (Lipinski definition) is 6. The molecule has 0 bridgehead atoms. The monoisotopic (exact) mass is 351 g/mol. The van der Waals surface area contributed by atoms with Crippen molar-refractivity contribution in [3.63, 3.8) is 0 Å². The van der Waals surface area contributed by atoms with E-state index in [2.05, 4.69) is 5.10 Å². The van der Waals surface area contributed by atoms with Gasteiger partial charge in [0.15, 0.2) is 0 Å². The van der Waals surface area contributed by atoms with E-state index in [1.807, 2.05) is 21.8 Å². The van der Waals surface area contributed by atoms with Gasteiger partial charge in [0.25, 0.3) is 5.69 Å². The highest BCUT2D eigenvalue weighted by molar-refractivity contribution is 7.89. The minimum atomic E-state index is -4.06. The minimum Gasteiger partial charge on any atom is -0.370 e. The number of sulfonamides is 1. The number of hydrogen-bond donors (Lipinski definition) is 1. The van der Waals surface area contributed by atoms with Gasteiger partial charge in [0.2, 0.25) is 10.0 Å². The Hall–Kier alpha value is -2.46. The molecule has 0 saturated carbocycles. The number of nitro benzene ring substituents is 1. The second kappa shape index (κ2) is 6.21. The van der Waals surface area contributed by atoms with E-state index in [-0.39, 0.29) is 16.6 Å². The second-order valence-corrected chi connectivity index (χ2v) is 7.19. The molecule has 0 atom stereocenters. The van der Waals surface area contributed by atoms with Gasteiger partial charge < -0.3 is 4.90 Å². The Balaban J connectivity index is 1.86. The van der Waals surface area contributed by atoms with E-state index in [1.54, 1.807) is 6.20 Å². The maximum absolute atomic E-state index is 11.8. The average Bonchev–Trinajstić information content (AvgIpc) is 3.08. The van der Waals surface area contributed by atoms with Gasteiger partial charge >= 0.3 is 0 Å². The summed E-state index contributed by atoms with van der Waals surface area (Å²) in [6.07, 6.45) is 5.22. The van der Waals surface area contributed by atoms with E-state index in [0.29, 0.717) is 18.8 Å². The Labute approximate surface area is 138 Å². The standard InChI is InChI=1S/C14H17N5O4S/c15-24(22,23)14-10-12(19(20)21)2-3-13(14)17-8-4-11(5-9-17)18-7-1-6-16-18/h1-3,6-7,10-11H,4-5,8-9H2,(H2,15,22,23). The molecule has 1 saturated heterocycles. The van der Waals surface area contributed by atoms with Crippen LogP contribution in [0.4, 0.5) is 11.4 Å². The molecule has 0 aliphatic carbocycles. The summed E-state index contributed by atoms with van der Waals surface area (Å²) in [5.41, 5.74) is 0.108. The first-order chi connectivity index (χ1) is 11.4. The van der Waals surface area contributed by atoms with E-state index in [4.69, 9.17) is 5.14 Å². The van der Waals surface area contributed by atoms with Gasteiger partial charge in [-0.05, 0) is 25.0 Å². The van der Waals surface area contributed by atoms with Gasteiger partial charge in [-0.2, -0.15) is 5.10 Å². The van der Waals surface area contributed by atoms with Gasteiger partial charge in [0.05, 0.1) is 16.7 Å². The SMILES string of the molecule is NS(=O)(=O)c1cc([N+](=O)[O-])ccc1N1CCC(n2cccn2)CC1. The molecule has 2 N–H and O–H groups in total. The predicted molar refractivity (Wildman–Crippen MR) is 87.2 cm³/mol. The Bertz CT molecular complexity index is 842. The lowest BCUT2D eigenvalue weighted by atomic mass is 10.0. The number of nitrogens with zero attached hydrogens (tertiary/aromatic N) is 4. The Kier molecular flexibility index (Phi) is 4.24. The zero-order valence-corrected chi connectivity index (χ0v) is 13.6. The molecule has 0 amide bonds. The molecule has 2 heterocycles. The molecule has 0 spiro atoms. The van der Waals surface area contributed by atoms with Crippen molar-refractivity contribution >= 4 is 21.4 Å². The zero-order chi connectivity index (χ0) is 17.3. The van der Waals surface area contributed by atoms with Crippen molar-refractivity contribution in [2.45, 2.75) is 23.8 Å². The molecule has 1 aliphatic rings. The summed E-state index contributed by atoms with van der Waals surface area (Å²) in [7, 11) is -4.06. The lowest BCUT2D eigenvalue weighted by molar-refractivity contribution is -0.385. The zero-order valence-electron chi connectivity index (χ0n) is 12.8. The molecule has 1 aromatic carbocycles. The summed E-state index contributed by atoms with van der Waals surface area (Å²) in [5, 5.41) is 20.4. The number of benzene rings is 1. The fourth-order valence-corrected chi connectivity index (χ4v) is 3.75. The van der Waals surface area contributed by atoms with Crippen LogP contribution in [0, 0.1) is 10.1 Å². The van der Waals surface area contributed by atoms with Crippen molar-refractivity contribution in [1.82, 2.24) is 9.78 Å². The number of primary sulfonamides is 1. The molecular weight excluding hydrogens is 334 g/mol. The fourth-order valence-electron chi connectivity index (χ4n) is 2.97. The van der Waals surface area contributed by atoms with Crippen molar-refractivity contribution in [2.75, 3.05) is 18.0 Å². The van der Waals surface area contributed by atoms with Crippen LogP contribution in [0.3, 0.4) is 0 Å².